The number of H-pyrrole nitrogens is 1. The molecule has 8 heteroatoms. The molecule has 0 aliphatic rings. The van der Waals surface area contributed by atoms with Crippen molar-refractivity contribution < 1.29 is 4.39 Å². The lowest BCUT2D eigenvalue weighted by atomic mass is 10.0. The van der Waals surface area contributed by atoms with Crippen molar-refractivity contribution in [2.75, 3.05) is 0 Å². The highest BCUT2D eigenvalue weighted by Gasteiger charge is 2.14. The van der Waals surface area contributed by atoms with Crippen LogP contribution in [0.3, 0.4) is 0 Å². The second-order valence-corrected chi connectivity index (χ2v) is 4.96. The summed E-state index contributed by atoms with van der Waals surface area (Å²) in [6.07, 6.45) is 2.30. The summed E-state index contributed by atoms with van der Waals surface area (Å²) in [5.41, 5.74) is 7.77. The second kappa shape index (κ2) is 7.82. The van der Waals surface area contributed by atoms with Crippen molar-refractivity contribution in [1.29, 1.82) is 5.41 Å². The number of aliphatic imine (C=N–C) groups is 2. The van der Waals surface area contributed by atoms with Crippen LogP contribution >= 0.6 is 0 Å². The summed E-state index contributed by atoms with van der Waals surface area (Å²) in [5.74, 6) is 5.01. The van der Waals surface area contributed by atoms with Crippen LogP contribution in [-0.2, 0) is 0 Å². The number of nitrogens with one attached hydrogen (secondary N) is 2. The van der Waals surface area contributed by atoms with Crippen molar-refractivity contribution in [2.45, 2.75) is 12.8 Å². The molecule has 0 saturated heterocycles. The molecule has 1 unspecified atom stereocenters. The zero-order valence-corrected chi connectivity index (χ0v) is 13.1. The Labute approximate surface area is 138 Å². The van der Waals surface area contributed by atoms with E-state index in [1.54, 1.807) is 24.3 Å². The number of halogens is 1. The van der Waals surface area contributed by atoms with E-state index in [9.17, 15) is 4.39 Å². The lowest BCUT2D eigenvalue weighted by Gasteiger charge is -2.09. The average molecular weight is 327 g/mol. The predicted molar refractivity (Wildman–Crippen MR) is 94.9 cm³/mol. The van der Waals surface area contributed by atoms with Gasteiger partial charge in [0.05, 0.1) is 23.3 Å². The Bertz CT molecular complexity index is 804. The third kappa shape index (κ3) is 3.92. The van der Waals surface area contributed by atoms with Gasteiger partial charge in [-0.05, 0) is 24.3 Å². The minimum absolute atomic E-state index is 0.203. The number of hydrazone groups is 1. The highest BCUT2D eigenvalue weighted by molar-refractivity contribution is 6.33. The predicted octanol–water partition coefficient (Wildman–Crippen LogP) is 2.29. The molecule has 2 aromatic rings. The maximum atomic E-state index is 13.6. The number of hydrogen-bond donors (Lipinski definition) is 4. The molecule has 0 bridgehead atoms. The van der Waals surface area contributed by atoms with E-state index in [1.165, 1.54) is 12.3 Å². The Hall–Kier alpha value is -3.29. The van der Waals surface area contributed by atoms with Gasteiger partial charge >= 0.3 is 0 Å². The van der Waals surface area contributed by atoms with E-state index in [1.807, 2.05) is 13.0 Å². The SMILES string of the molecule is CC(C(C=Nc1ccccc1F)=NN)c1ccc(C(N)=NC=N)[nH]1. The zero-order valence-electron chi connectivity index (χ0n) is 13.1. The Kier molecular flexibility index (Phi) is 5.56. The molecule has 0 saturated carbocycles. The summed E-state index contributed by atoms with van der Waals surface area (Å²) in [6.45, 7) is 1.87. The first-order chi connectivity index (χ1) is 11.6. The van der Waals surface area contributed by atoms with Gasteiger partial charge in [0.1, 0.15) is 18.0 Å². The maximum absolute atomic E-state index is 13.6. The lowest BCUT2D eigenvalue weighted by molar-refractivity contribution is 0.630. The minimum atomic E-state index is -0.421. The summed E-state index contributed by atoms with van der Waals surface area (Å²) >= 11 is 0. The fourth-order valence-electron chi connectivity index (χ4n) is 2.06. The van der Waals surface area contributed by atoms with Crippen molar-refractivity contribution in [1.82, 2.24) is 4.98 Å². The molecule has 1 heterocycles. The molecule has 0 spiro atoms. The van der Waals surface area contributed by atoms with Crippen LogP contribution < -0.4 is 11.6 Å². The number of para-hydroxylation sites is 1. The normalized spacial score (nSPS) is 14.1. The zero-order chi connectivity index (χ0) is 17.5. The highest BCUT2D eigenvalue weighted by Crippen LogP contribution is 2.19. The fraction of sp³-hybridized carbons (Fsp3) is 0.125. The minimum Gasteiger partial charge on any atom is -0.382 e. The standard InChI is InChI=1S/C16H18FN7/c1-10(12-6-7-14(23-12)16(19)22-9-18)15(24-20)8-21-13-5-3-2-4-11(13)17/h2-10,23H,20H2,1H3,(H3,18,19,22). The van der Waals surface area contributed by atoms with Crippen LogP contribution in [0.2, 0.25) is 0 Å². The van der Waals surface area contributed by atoms with Crippen molar-refractivity contribution in [3.05, 3.63) is 53.6 Å². The number of amidine groups is 1. The fourth-order valence-corrected chi connectivity index (χ4v) is 2.06. The number of nitrogens with zero attached hydrogens (tertiary/aromatic N) is 3. The maximum Gasteiger partial charge on any atom is 0.148 e. The van der Waals surface area contributed by atoms with Gasteiger partial charge in [-0.15, -0.1) is 0 Å². The monoisotopic (exact) mass is 327 g/mol. The number of nitrogens with two attached hydrogens (primary N) is 2. The van der Waals surface area contributed by atoms with Crippen molar-refractivity contribution >= 4 is 29.8 Å². The van der Waals surface area contributed by atoms with E-state index >= 15 is 0 Å². The highest BCUT2D eigenvalue weighted by atomic mass is 19.1. The van der Waals surface area contributed by atoms with Gasteiger partial charge in [0, 0.05) is 11.6 Å². The Balaban J connectivity index is 2.21. The number of rotatable bonds is 6. The Morgan fingerprint density at radius 2 is 2.04 bits per heavy atom. The van der Waals surface area contributed by atoms with Gasteiger partial charge in [0.2, 0.25) is 0 Å². The van der Waals surface area contributed by atoms with Crippen LogP contribution in [0.1, 0.15) is 24.2 Å². The van der Waals surface area contributed by atoms with Crippen LogP contribution in [0.15, 0.2) is 51.5 Å². The topological polar surface area (TPSA) is 129 Å². The van der Waals surface area contributed by atoms with Gasteiger partial charge in [0.25, 0.3) is 0 Å². The molecule has 1 aromatic carbocycles. The summed E-state index contributed by atoms with van der Waals surface area (Å²) in [7, 11) is 0. The molecule has 1 aromatic heterocycles. The Morgan fingerprint density at radius 1 is 1.29 bits per heavy atom. The molecule has 6 N–H and O–H groups in total. The molecule has 24 heavy (non-hydrogen) atoms. The molecule has 0 aliphatic heterocycles. The number of benzene rings is 1. The van der Waals surface area contributed by atoms with Crippen LogP contribution in [0, 0.1) is 11.2 Å². The number of aromatic amines is 1. The molecular formula is C16H18FN7. The van der Waals surface area contributed by atoms with E-state index in [-0.39, 0.29) is 17.4 Å². The van der Waals surface area contributed by atoms with Crippen molar-refractivity contribution in [3.63, 3.8) is 0 Å². The molecule has 0 aliphatic carbocycles. The first kappa shape index (κ1) is 17.1. The van der Waals surface area contributed by atoms with Gasteiger partial charge in [0.15, 0.2) is 0 Å². The van der Waals surface area contributed by atoms with Gasteiger partial charge in [-0.1, -0.05) is 19.1 Å². The van der Waals surface area contributed by atoms with E-state index in [4.69, 9.17) is 17.0 Å². The smallest absolute Gasteiger partial charge is 0.148 e. The molecule has 7 nitrogen and oxygen atoms in total. The largest absolute Gasteiger partial charge is 0.382 e. The lowest BCUT2D eigenvalue weighted by Crippen LogP contribution is -2.16. The summed E-state index contributed by atoms with van der Waals surface area (Å²) in [6, 6.07) is 9.74. The van der Waals surface area contributed by atoms with Gasteiger partial charge in [-0.25, -0.2) is 9.38 Å². The molecule has 0 fully saturated rings. The van der Waals surface area contributed by atoms with Gasteiger partial charge in [-0.3, -0.25) is 10.4 Å². The second-order valence-electron chi connectivity index (χ2n) is 4.96. The number of hydrogen-bond acceptors (Lipinski definition) is 4. The van der Waals surface area contributed by atoms with Crippen molar-refractivity contribution in [3.8, 4) is 0 Å². The summed E-state index contributed by atoms with van der Waals surface area (Å²) in [5, 5.41) is 10.7. The number of aromatic nitrogens is 1. The molecule has 124 valence electrons. The molecule has 0 radical (unpaired) electrons. The summed E-state index contributed by atoms with van der Waals surface area (Å²) in [4.78, 5) is 10.9. The van der Waals surface area contributed by atoms with Gasteiger partial charge < -0.3 is 16.6 Å². The van der Waals surface area contributed by atoms with Gasteiger partial charge in [-0.2, -0.15) is 5.10 Å². The third-order valence-electron chi connectivity index (χ3n) is 3.44. The first-order valence-corrected chi connectivity index (χ1v) is 7.14. The van der Waals surface area contributed by atoms with Crippen LogP contribution in [0.5, 0.6) is 0 Å². The van der Waals surface area contributed by atoms with Crippen molar-refractivity contribution in [2.24, 2.45) is 26.7 Å². The molecular weight excluding hydrogens is 309 g/mol. The van der Waals surface area contributed by atoms with E-state index in [0.29, 0.717) is 11.4 Å². The molecule has 0 amide bonds. The van der Waals surface area contributed by atoms with E-state index in [2.05, 4.69) is 20.1 Å². The third-order valence-corrected chi connectivity index (χ3v) is 3.44. The van der Waals surface area contributed by atoms with Crippen LogP contribution in [-0.4, -0.2) is 29.1 Å². The van der Waals surface area contributed by atoms with Crippen LogP contribution in [0.4, 0.5) is 10.1 Å². The van der Waals surface area contributed by atoms with E-state index < -0.39 is 5.82 Å². The van der Waals surface area contributed by atoms with E-state index in [0.717, 1.165) is 12.0 Å². The molecule has 2 rings (SSSR count). The Morgan fingerprint density at radius 3 is 2.71 bits per heavy atom. The first-order valence-electron chi connectivity index (χ1n) is 7.14. The summed E-state index contributed by atoms with van der Waals surface area (Å²) < 4.78 is 13.6. The van der Waals surface area contributed by atoms with Crippen LogP contribution in [0.25, 0.3) is 0 Å². The quantitative estimate of drug-likeness (QED) is 0.281. The average Bonchev–Trinajstić information content (AvgIpc) is 3.07. The molecule has 1 atom stereocenters.